The third-order valence-electron chi connectivity index (χ3n) is 5.22. The van der Waals surface area contributed by atoms with Crippen LogP contribution in [0.2, 0.25) is 0 Å². The predicted octanol–water partition coefficient (Wildman–Crippen LogP) is 3.71. The van der Waals surface area contributed by atoms with Gasteiger partial charge in [-0.3, -0.25) is 19.7 Å². The maximum absolute atomic E-state index is 12.5. The molecular formula is C24H21N5O4. The molecule has 9 nitrogen and oxygen atoms in total. The highest BCUT2D eigenvalue weighted by Gasteiger charge is 2.14. The summed E-state index contributed by atoms with van der Waals surface area (Å²) in [6, 6.07) is 19.9. The molecule has 0 atom stereocenters. The largest absolute Gasteiger partial charge is 0.352 e. The molecule has 33 heavy (non-hydrogen) atoms. The number of non-ortho nitro benzene ring substituents is 1. The van der Waals surface area contributed by atoms with Crippen LogP contribution in [0.4, 0.5) is 11.4 Å². The van der Waals surface area contributed by atoms with Gasteiger partial charge in [0.1, 0.15) is 5.82 Å². The molecule has 4 rings (SSSR count). The van der Waals surface area contributed by atoms with Crippen molar-refractivity contribution in [2.75, 3.05) is 11.9 Å². The van der Waals surface area contributed by atoms with E-state index in [0.717, 1.165) is 11.3 Å². The molecule has 1 heterocycles. The van der Waals surface area contributed by atoms with Crippen molar-refractivity contribution in [3.05, 3.63) is 99.9 Å². The van der Waals surface area contributed by atoms with E-state index in [1.807, 2.05) is 35.9 Å². The highest BCUT2D eigenvalue weighted by Crippen LogP contribution is 2.21. The van der Waals surface area contributed by atoms with Crippen LogP contribution in [0, 0.1) is 10.1 Å². The Balaban J connectivity index is 1.44. The summed E-state index contributed by atoms with van der Waals surface area (Å²) in [5.41, 5.74) is 2.76. The lowest BCUT2D eigenvalue weighted by Gasteiger charge is -2.06. The average Bonchev–Trinajstić information content (AvgIpc) is 3.14. The molecule has 4 aromatic rings. The number of fused-ring (bicyclic) bond motifs is 1. The summed E-state index contributed by atoms with van der Waals surface area (Å²) < 4.78 is 1.94. The third kappa shape index (κ3) is 4.87. The lowest BCUT2D eigenvalue weighted by molar-refractivity contribution is -0.384. The third-order valence-corrected chi connectivity index (χ3v) is 5.22. The Bertz CT molecular complexity index is 1350. The zero-order chi connectivity index (χ0) is 23.4. The summed E-state index contributed by atoms with van der Waals surface area (Å²) in [7, 11) is 1.89. The van der Waals surface area contributed by atoms with Crippen molar-refractivity contribution >= 4 is 34.2 Å². The molecular weight excluding hydrogens is 422 g/mol. The molecule has 0 aliphatic heterocycles. The number of nitrogens with one attached hydrogen (secondary N) is 2. The molecule has 9 heteroatoms. The Labute approximate surface area is 189 Å². The van der Waals surface area contributed by atoms with E-state index in [-0.39, 0.29) is 17.2 Å². The first-order valence-electron chi connectivity index (χ1n) is 10.3. The van der Waals surface area contributed by atoms with Gasteiger partial charge in [-0.15, -0.1) is 0 Å². The van der Waals surface area contributed by atoms with Crippen LogP contribution in [0.3, 0.4) is 0 Å². The van der Waals surface area contributed by atoms with E-state index in [1.165, 1.54) is 24.3 Å². The van der Waals surface area contributed by atoms with Crippen molar-refractivity contribution in [2.45, 2.75) is 6.42 Å². The maximum Gasteiger partial charge on any atom is 0.270 e. The number of rotatable bonds is 7. The van der Waals surface area contributed by atoms with E-state index >= 15 is 0 Å². The number of amides is 2. The van der Waals surface area contributed by atoms with Gasteiger partial charge in [-0.1, -0.05) is 24.3 Å². The number of benzene rings is 3. The number of carbonyl (C=O) groups excluding carboxylic acids is 2. The maximum atomic E-state index is 12.5. The minimum absolute atomic E-state index is 0.138. The monoisotopic (exact) mass is 443 g/mol. The minimum Gasteiger partial charge on any atom is -0.352 e. The number of imidazole rings is 1. The summed E-state index contributed by atoms with van der Waals surface area (Å²) in [6.45, 7) is 0.432. The highest BCUT2D eigenvalue weighted by molar-refractivity contribution is 6.05. The number of hydrogen-bond acceptors (Lipinski definition) is 5. The van der Waals surface area contributed by atoms with Crippen molar-refractivity contribution in [3.63, 3.8) is 0 Å². The molecule has 0 unspecified atom stereocenters. The number of nitro benzene ring substituents is 1. The normalized spacial score (nSPS) is 10.7. The quantitative estimate of drug-likeness (QED) is 0.333. The number of carbonyl (C=O) groups is 2. The number of hydrogen-bond donors (Lipinski definition) is 2. The number of aryl methyl sites for hydroxylation is 1. The van der Waals surface area contributed by atoms with Gasteiger partial charge in [0.25, 0.3) is 17.5 Å². The Hall–Kier alpha value is -4.53. The zero-order valence-electron chi connectivity index (χ0n) is 17.8. The molecule has 2 amide bonds. The Morgan fingerprint density at radius 1 is 0.970 bits per heavy atom. The van der Waals surface area contributed by atoms with Crippen LogP contribution in [-0.2, 0) is 13.5 Å². The van der Waals surface area contributed by atoms with Gasteiger partial charge in [-0.05, 0) is 36.4 Å². The predicted molar refractivity (Wildman–Crippen MR) is 124 cm³/mol. The Kier molecular flexibility index (Phi) is 6.12. The summed E-state index contributed by atoms with van der Waals surface area (Å²) >= 11 is 0. The molecule has 0 radical (unpaired) electrons. The van der Waals surface area contributed by atoms with E-state index in [9.17, 15) is 19.7 Å². The minimum atomic E-state index is -0.541. The van der Waals surface area contributed by atoms with Crippen molar-refractivity contribution in [3.8, 4) is 0 Å². The fourth-order valence-corrected chi connectivity index (χ4v) is 3.49. The summed E-state index contributed by atoms with van der Waals surface area (Å²) in [6.07, 6.45) is 0.541. The topological polar surface area (TPSA) is 119 Å². The van der Waals surface area contributed by atoms with E-state index in [0.29, 0.717) is 29.7 Å². The standard InChI is InChI=1S/C24H21N5O4/c1-28-21-11-10-18(26-24(31)17-8-5-9-19(14-17)29(32)33)15-20(21)27-22(28)12-13-25-23(30)16-6-3-2-4-7-16/h2-11,14-15H,12-13H2,1H3,(H,25,30)(H,26,31). The molecule has 166 valence electrons. The molecule has 0 saturated heterocycles. The summed E-state index contributed by atoms with van der Waals surface area (Å²) in [5, 5.41) is 16.6. The number of nitro groups is 1. The van der Waals surface area contributed by atoms with Crippen molar-refractivity contribution in [2.24, 2.45) is 7.05 Å². The second-order valence-electron chi connectivity index (χ2n) is 7.42. The van der Waals surface area contributed by atoms with Crippen molar-refractivity contribution < 1.29 is 14.5 Å². The first-order chi connectivity index (χ1) is 15.9. The highest BCUT2D eigenvalue weighted by atomic mass is 16.6. The second kappa shape index (κ2) is 9.31. The number of nitrogens with zero attached hydrogens (tertiary/aromatic N) is 3. The van der Waals surface area contributed by atoms with Gasteiger partial charge in [0.2, 0.25) is 0 Å². The molecule has 3 aromatic carbocycles. The summed E-state index contributed by atoms with van der Waals surface area (Å²) in [5.74, 6) is 0.207. The molecule has 0 saturated carbocycles. The van der Waals surface area contributed by atoms with Gasteiger partial charge < -0.3 is 15.2 Å². The average molecular weight is 443 g/mol. The van der Waals surface area contributed by atoms with Gasteiger partial charge in [0.15, 0.2) is 0 Å². The number of anilines is 1. The fourth-order valence-electron chi connectivity index (χ4n) is 3.49. The van der Waals surface area contributed by atoms with Crippen LogP contribution >= 0.6 is 0 Å². The Morgan fingerprint density at radius 2 is 1.73 bits per heavy atom. The summed E-state index contributed by atoms with van der Waals surface area (Å²) in [4.78, 5) is 39.7. The van der Waals surface area contributed by atoms with E-state index in [1.54, 1.807) is 24.3 Å². The number of aromatic nitrogens is 2. The van der Waals surface area contributed by atoms with Crippen LogP contribution in [0.25, 0.3) is 11.0 Å². The zero-order valence-corrected chi connectivity index (χ0v) is 17.8. The molecule has 0 bridgehead atoms. The molecule has 0 aliphatic carbocycles. The molecule has 0 fully saturated rings. The molecule has 2 N–H and O–H groups in total. The first-order valence-corrected chi connectivity index (χ1v) is 10.3. The lowest BCUT2D eigenvalue weighted by Crippen LogP contribution is -2.26. The van der Waals surface area contributed by atoms with Crippen LogP contribution in [0.5, 0.6) is 0 Å². The molecule has 0 spiro atoms. The Morgan fingerprint density at radius 3 is 2.48 bits per heavy atom. The lowest BCUT2D eigenvalue weighted by atomic mass is 10.2. The van der Waals surface area contributed by atoms with Gasteiger partial charge in [0.05, 0.1) is 16.0 Å². The second-order valence-corrected chi connectivity index (χ2v) is 7.42. The van der Waals surface area contributed by atoms with Crippen LogP contribution in [0.1, 0.15) is 26.5 Å². The van der Waals surface area contributed by atoms with Gasteiger partial charge >= 0.3 is 0 Å². The van der Waals surface area contributed by atoms with E-state index in [4.69, 9.17) is 0 Å². The molecule has 0 aliphatic rings. The van der Waals surface area contributed by atoms with Gasteiger partial charge in [-0.25, -0.2) is 4.98 Å². The van der Waals surface area contributed by atoms with E-state index < -0.39 is 10.8 Å². The van der Waals surface area contributed by atoms with Gasteiger partial charge in [-0.2, -0.15) is 0 Å². The van der Waals surface area contributed by atoms with Crippen LogP contribution in [0.15, 0.2) is 72.8 Å². The first kappa shape index (κ1) is 21.7. The van der Waals surface area contributed by atoms with Gasteiger partial charge in [0, 0.05) is 49.0 Å². The van der Waals surface area contributed by atoms with Crippen molar-refractivity contribution in [1.29, 1.82) is 0 Å². The SMILES string of the molecule is Cn1c(CCNC(=O)c2ccccc2)nc2cc(NC(=O)c3cccc([N+](=O)[O-])c3)ccc21. The molecule has 1 aromatic heterocycles. The van der Waals surface area contributed by atoms with E-state index in [2.05, 4.69) is 15.6 Å². The van der Waals surface area contributed by atoms with Crippen molar-refractivity contribution in [1.82, 2.24) is 14.9 Å². The van der Waals surface area contributed by atoms with Crippen LogP contribution in [-0.4, -0.2) is 32.8 Å². The fraction of sp³-hybridized carbons (Fsp3) is 0.125. The van der Waals surface area contributed by atoms with Crippen LogP contribution < -0.4 is 10.6 Å². The smallest absolute Gasteiger partial charge is 0.270 e.